The standard InChI is InChI=1S/C22H13BrClN3O5/c23-14-5-10-17(25-11-14)26-19(12-3-8-16(9-4-12)27(31)32)18(21(29)22(26)30)20(28)13-1-6-15(24)7-2-13/h1-11,19,28H/b20-18+. The van der Waals surface area contributed by atoms with Crippen molar-refractivity contribution in [2.75, 3.05) is 4.90 Å². The van der Waals surface area contributed by atoms with E-state index in [0.29, 0.717) is 20.6 Å². The first-order valence-electron chi connectivity index (χ1n) is 9.21. The lowest BCUT2D eigenvalue weighted by molar-refractivity contribution is -0.384. The van der Waals surface area contributed by atoms with E-state index in [1.54, 1.807) is 24.3 Å². The molecule has 2 aromatic carbocycles. The Labute approximate surface area is 195 Å². The van der Waals surface area contributed by atoms with Crippen LogP contribution in [-0.2, 0) is 9.59 Å². The molecule has 1 aliphatic heterocycles. The molecule has 1 saturated heterocycles. The molecule has 4 rings (SSSR count). The van der Waals surface area contributed by atoms with Crippen LogP contribution < -0.4 is 4.90 Å². The number of hydrogen-bond donors (Lipinski definition) is 1. The average molecular weight is 515 g/mol. The zero-order valence-corrected chi connectivity index (χ0v) is 18.4. The summed E-state index contributed by atoms with van der Waals surface area (Å²) in [5, 5.41) is 22.5. The van der Waals surface area contributed by atoms with E-state index >= 15 is 0 Å². The highest BCUT2D eigenvalue weighted by Gasteiger charge is 2.47. The van der Waals surface area contributed by atoms with Crippen molar-refractivity contribution in [3.8, 4) is 0 Å². The highest BCUT2D eigenvalue weighted by atomic mass is 79.9. The molecule has 1 aliphatic rings. The molecule has 0 aliphatic carbocycles. The predicted molar refractivity (Wildman–Crippen MR) is 121 cm³/mol. The van der Waals surface area contributed by atoms with Crippen LogP contribution in [0, 0.1) is 10.1 Å². The van der Waals surface area contributed by atoms with Gasteiger partial charge in [0, 0.05) is 33.4 Å². The minimum Gasteiger partial charge on any atom is -0.507 e. The van der Waals surface area contributed by atoms with Crippen LogP contribution in [0.15, 0.2) is 76.9 Å². The Morgan fingerprint density at radius 2 is 1.72 bits per heavy atom. The Balaban J connectivity index is 1.92. The van der Waals surface area contributed by atoms with Gasteiger partial charge in [-0.05, 0) is 70.0 Å². The minimum absolute atomic E-state index is 0.148. The van der Waals surface area contributed by atoms with Crippen molar-refractivity contribution in [3.05, 3.63) is 103 Å². The maximum absolute atomic E-state index is 13.0. The summed E-state index contributed by atoms with van der Waals surface area (Å²) in [5.41, 5.74) is 0.388. The molecule has 0 saturated carbocycles. The smallest absolute Gasteiger partial charge is 0.301 e. The molecule has 1 aromatic heterocycles. The van der Waals surface area contributed by atoms with Gasteiger partial charge in [-0.3, -0.25) is 24.6 Å². The number of carbonyl (C=O) groups excluding carboxylic acids is 2. The second-order valence-corrected chi connectivity index (χ2v) is 8.21. The number of non-ortho nitro benzene ring substituents is 1. The molecule has 1 unspecified atom stereocenters. The second kappa shape index (κ2) is 8.52. The maximum atomic E-state index is 13.0. The number of aliphatic hydroxyl groups is 1. The molecule has 8 nitrogen and oxygen atoms in total. The molecular weight excluding hydrogens is 502 g/mol. The third-order valence-electron chi connectivity index (χ3n) is 4.94. The molecule has 0 spiro atoms. The highest BCUT2D eigenvalue weighted by molar-refractivity contribution is 9.10. The Morgan fingerprint density at radius 1 is 1.06 bits per heavy atom. The monoisotopic (exact) mass is 513 g/mol. The Kier molecular flexibility index (Phi) is 5.77. The summed E-state index contributed by atoms with van der Waals surface area (Å²) in [4.78, 5) is 41.9. The van der Waals surface area contributed by atoms with Crippen molar-refractivity contribution in [2.45, 2.75) is 6.04 Å². The molecule has 1 N–H and O–H groups in total. The van der Waals surface area contributed by atoms with E-state index in [1.165, 1.54) is 42.6 Å². The fraction of sp³-hybridized carbons (Fsp3) is 0.0455. The van der Waals surface area contributed by atoms with Crippen LogP contribution >= 0.6 is 27.5 Å². The number of anilines is 1. The molecule has 0 radical (unpaired) electrons. The number of nitrogens with zero attached hydrogens (tertiary/aromatic N) is 3. The van der Waals surface area contributed by atoms with E-state index in [9.17, 15) is 24.8 Å². The van der Waals surface area contributed by atoms with E-state index in [2.05, 4.69) is 20.9 Å². The van der Waals surface area contributed by atoms with Crippen molar-refractivity contribution in [1.82, 2.24) is 4.98 Å². The zero-order valence-electron chi connectivity index (χ0n) is 16.1. The van der Waals surface area contributed by atoms with Gasteiger partial charge in [0.2, 0.25) is 0 Å². The number of amides is 1. The minimum atomic E-state index is -1.04. The summed E-state index contributed by atoms with van der Waals surface area (Å²) >= 11 is 9.19. The lowest BCUT2D eigenvalue weighted by Gasteiger charge is -2.24. The van der Waals surface area contributed by atoms with Crippen LogP contribution in [0.1, 0.15) is 17.2 Å². The summed E-state index contributed by atoms with van der Waals surface area (Å²) in [7, 11) is 0. The molecular formula is C22H13BrClN3O5. The first kappa shape index (κ1) is 21.7. The van der Waals surface area contributed by atoms with Crippen LogP contribution in [-0.4, -0.2) is 26.7 Å². The fourth-order valence-corrected chi connectivity index (χ4v) is 3.80. The number of rotatable bonds is 4. The van der Waals surface area contributed by atoms with Gasteiger partial charge < -0.3 is 5.11 Å². The predicted octanol–water partition coefficient (Wildman–Crippen LogP) is 5.03. The molecule has 2 heterocycles. The van der Waals surface area contributed by atoms with Crippen molar-refractivity contribution in [3.63, 3.8) is 0 Å². The molecule has 1 amide bonds. The van der Waals surface area contributed by atoms with Gasteiger partial charge in [0.1, 0.15) is 11.6 Å². The van der Waals surface area contributed by atoms with Crippen LogP contribution in [0.2, 0.25) is 5.02 Å². The van der Waals surface area contributed by atoms with Crippen molar-refractivity contribution >= 4 is 56.5 Å². The van der Waals surface area contributed by atoms with Crippen molar-refractivity contribution in [2.24, 2.45) is 0 Å². The van der Waals surface area contributed by atoms with E-state index in [4.69, 9.17) is 11.6 Å². The Hall–Kier alpha value is -3.56. The Morgan fingerprint density at radius 3 is 2.28 bits per heavy atom. The quantitative estimate of drug-likeness (QED) is 0.172. The molecule has 32 heavy (non-hydrogen) atoms. The first-order chi connectivity index (χ1) is 15.3. The summed E-state index contributed by atoms with van der Waals surface area (Å²) < 4.78 is 0.672. The van der Waals surface area contributed by atoms with E-state index in [-0.39, 0.29) is 22.8 Å². The van der Waals surface area contributed by atoms with Crippen LogP contribution in [0.5, 0.6) is 0 Å². The van der Waals surface area contributed by atoms with E-state index in [1.807, 2.05) is 0 Å². The lowest BCUT2D eigenvalue weighted by atomic mass is 9.95. The van der Waals surface area contributed by atoms with Gasteiger partial charge in [0.15, 0.2) is 0 Å². The van der Waals surface area contributed by atoms with Gasteiger partial charge in [-0.1, -0.05) is 11.6 Å². The fourth-order valence-electron chi connectivity index (χ4n) is 3.44. The first-order valence-corrected chi connectivity index (χ1v) is 10.4. The van der Waals surface area contributed by atoms with Gasteiger partial charge in [0.05, 0.1) is 16.5 Å². The molecule has 1 fully saturated rings. The molecule has 10 heteroatoms. The van der Waals surface area contributed by atoms with Crippen molar-refractivity contribution < 1.29 is 19.6 Å². The van der Waals surface area contributed by atoms with E-state index < -0.39 is 22.7 Å². The molecule has 3 aromatic rings. The number of halogens is 2. The third kappa shape index (κ3) is 3.88. The summed E-state index contributed by atoms with van der Waals surface area (Å²) in [6.07, 6.45) is 1.47. The van der Waals surface area contributed by atoms with Gasteiger partial charge in [-0.15, -0.1) is 0 Å². The van der Waals surface area contributed by atoms with Crippen LogP contribution in [0.4, 0.5) is 11.5 Å². The number of aliphatic hydroxyl groups excluding tert-OH is 1. The number of benzene rings is 2. The Bertz CT molecular complexity index is 1260. The highest BCUT2D eigenvalue weighted by Crippen LogP contribution is 2.42. The SMILES string of the molecule is O=C1C(=O)N(c2ccc(Br)cn2)C(c2ccc([N+](=O)[O-])cc2)/C1=C(\O)c1ccc(Cl)cc1. The number of pyridine rings is 1. The normalized spacial score (nSPS) is 17.6. The maximum Gasteiger partial charge on any atom is 0.301 e. The number of nitro benzene ring substituents is 1. The van der Waals surface area contributed by atoms with Gasteiger partial charge >= 0.3 is 5.91 Å². The summed E-state index contributed by atoms with van der Waals surface area (Å²) in [5.74, 6) is -1.97. The van der Waals surface area contributed by atoms with Crippen LogP contribution in [0.25, 0.3) is 5.76 Å². The van der Waals surface area contributed by atoms with E-state index in [0.717, 1.165) is 4.90 Å². The largest absolute Gasteiger partial charge is 0.507 e. The molecule has 0 bridgehead atoms. The summed E-state index contributed by atoms with van der Waals surface area (Å²) in [6.45, 7) is 0. The summed E-state index contributed by atoms with van der Waals surface area (Å²) in [6, 6.07) is 13.7. The number of nitro groups is 1. The molecule has 160 valence electrons. The molecule has 1 atom stereocenters. The zero-order chi connectivity index (χ0) is 23.0. The second-order valence-electron chi connectivity index (χ2n) is 6.86. The number of aromatic nitrogens is 1. The number of carbonyl (C=O) groups is 2. The number of Topliss-reactive ketones (excluding diaryl/α,β-unsaturated/α-hetero) is 1. The van der Waals surface area contributed by atoms with Gasteiger partial charge in [0.25, 0.3) is 11.5 Å². The topological polar surface area (TPSA) is 114 Å². The average Bonchev–Trinajstić information content (AvgIpc) is 3.05. The van der Waals surface area contributed by atoms with Gasteiger partial charge in [-0.25, -0.2) is 4.98 Å². The number of ketones is 1. The third-order valence-corrected chi connectivity index (χ3v) is 5.66. The lowest BCUT2D eigenvalue weighted by Crippen LogP contribution is -2.30. The van der Waals surface area contributed by atoms with Crippen molar-refractivity contribution in [1.29, 1.82) is 0 Å². The van der Waals surface area contributed by atoms with Gasteiger partial charge in [-0.2, -0.15) is 0 Å². The number of hydrogen-bond acceptors (Lipinski definition) is 6. The van der Waals surface area contributed by atoms with Crippen LogP contribution in [0.3, 0.4) is 0 Å².